The monoisotopic (exact) mass is 289 g/mol. The van der Waals surface area contributed by atoms with Crippen LogP contribution in [0.25, 0.3) is 0 Å². The van der Waals surface area contributed by atoms with Crippen LogP contribution < -0.4 is 10.1 Å². The van der Waals surface area contributed by atoms with Crippen molar-refractivity contribution in [3.05, 3.63) is 41.2 Å². The number of amides is 1. The number of benzene rings is 1. The van der Waals surface area contributed by atoms with Gasteiger partial charge in [0.2, 0.25) is 0 Å². The molecule has 1 aliphatic rings. The SMILES string of the molecule is Cc1nsnc1COc1cccc(C(=O)NC2CC2)c1. The summed E-state index contributed by atoms with van der Waals surface area (Å²) in [6, 6.07) is 7.56. The minimum Gasteiger partial charge on any atom is -0.487 e. The highest BCUT2D eigenvalue weighted by Gasteiger charge is 2.23. The van der Waals surface area contributed by atoms with Crippen molar-refractivity contribution in [1.29, 1.82) is 0 Å². The Bertz CT molecular complexity index is 622. The standard InChI is InChI=1S/C14H15N3O2S/c1-9-13(17-20-16-9)8-19-12-4-2-3-10(7-12)14(18)15-11-5-6-11/h2-4,7,11H,5-6,8H2,1H3,(H,15,18). The average Bonchev–Trinajstić information content (AvgIpc) is 3.17. The molecule has 2 aromatic rings. The number of carbonyl (C=O) groups is 1. The van der Waals surface area contributed by atoms with E-state index < -0.39 is 0 Å². The van der Waals surface area contributed by atoms with E-state index in [4.69, 9.17) is 4.74 Å². The first-order valence-corrected chi connectivity index (χ1v) is 7.27. The Labute approximate surface area is 121 Å². The normalized spacial score (nSPS) is 14.1. The smallest absolute Gasteiger partial charge is 0.251 e. The third-order valence-corrected chi connectivity index (χ3v) is 3.79. The van der Waals surface area contributed by atoms with Crippen molar-refractivity contribution >= 4 is 17.6 Å². The number of nitrogens with one attached hydrogen (secondary N) is 1. The molecule has 1 aromatic heterocycles. The molecule has 0 radical (unpaired) electrons. The summed E-state index contributed by atoms with van der Waals surface area (Å²) in [5.41, 5.74) is 2.35. The minimum atomic E-state index is -0.0375. The molecule has 1 aliphatic carbocycles. The van der Waals surface area contributed by atoms with Crippen LogP contribution in [0.2, 0.25) is 0 Å². The number of aryl methyl sites for hydroxylation is 1. The number of hydrogen-bond acceptors (Lipinski definition) is 5. The maximum Gasteiger partial charge on any atom is 0.251 e. The maximum atomic E-state index is 11.9. The van der Waals surface area contributed by atoms with Crippen LogP contribution in [0.5, 0.6) is 5.75 Å². The first-order chi connectivity index (χ1) is 9.72. The first kappa shape index (κ1) is 13.1. The average molecular weight is 289 g/mol. The fourth-order valence-electron chi connectivity index (χ4n) is 1.76. The Kier molecular flexibility index (Phi) is 3.64. The van der Waals surface area contributed by atoms with Gasteiger partial charge in [-0.25, -0.2) is 0 Å². The highest BCUT2D eigenvalue weighted by Crippen LogP contribution is 2.20. The molecule has 1 heterocycles. The molecule has 1 N–H and O–H groups in total. The summed E-state index contributed by atoms with van der Waals surface area (Å²) < 4.78 is 13.9. The summed E-state index contributed by atoms with van der Waals surface area (Å²) in [5.74, 6) is 0.630. The van der Waals surface area contributed by atoms with Gasteiger partial charge >= 0.3 is 0 Å². The zero-order valence-corrected chi connectivity index (χ0v) is 11.9. The van der Waals surface area contributed by atoms with Crippen LogP contribution in [0.1, 0.15) is 34.6 Å². The van der Waals surface area contributed by atoms with Crippen molar-refractivity contribution in [2.24, 2.45) is 0 Å². The number of carbonyl (C=O) groups excluding carboxylic acids is 1. The summed E-state index contributed by atoms with van der Waals surface area (Å²) in [6.07, 6.45) is 2.16. The van der Waals surface area contributed by atoms with Gasteiger partial charge in [0, 0.05) is 11.6 Å². The Balaban J connectivity index is 1.64. The van der Waals surface area contributed by atoms with E-state index in [0.29, 0.717) is 24.0 Å². The maximum absolute atomic E-state index is 11.9. The second-order valence-electron chi connectivity index (χ2n) is 4.86. The van der Waals surface area contributed by atoms with Gasteiger partial charge in [0.25, 0.3) is 5.91 Å². The summed E-state index contributed by atoms with van der Waals surface area (Å²) in [5, 5.41) is 2.96. The van der Waals surface area contributed by atoms with Crippen LogP contribution in [-0.2, 0) is 6.61 Å². The second-order valence-corrected chi connectivity index (χ2v) is 5.39. The second kappa shape index (κ2) is 5.58. The van der Waals surface area contributed by atoms with Crippen molar-refractivity contribution in [1.82, 2.24) is 14.1 Å². The van der Waals surface area contributed by atoms with E-state index in [2.05, 4.69) is 14.1 Å². The Morgan fingerprint density at radius 3 is 3.00 bits per heavy atom. The fraction of sp³-hybridized carbons (Fsp3) is 0.357. The highest BCUT2D eigenvalue weighted by atomic mass is 32.1. The quantitative estimate of drug-likeness (QED) is 0.917. The van der Waals surface area contributed by atoms with Gasteiger partial charge in [-0.15, -0.1) is 0 Å². The summed E-state index contributed by atoms with van der Waals surface area (Å²) >= 11 is 1.18. The molecular weight excluding hydrogens is 274 g/mol. The van der Waals surface area contributed by atoms with Gasteiger partial charge in [-0.2, -0.15) is 8.75 Å². The topological polar surface area (TPSA) is 64.1 Å². The number of hydrogen-bond donors (Lipinski definition) is 1. The molecule has 104 valence electrons. The molecule has 1 aromatic carbocycles. The van der Waals surface area contributed by atoms with Gasteiger partial charge in [0.05, 0.1) is 17.4 Å². The summed E-state index contributed by atoms with van der Waals surface area (Å²) in [4.78, 5) is 11.9. The van der Waals surface area contributed by atoms with E-state index in [-0.39, 0.29) is 5.91 Å². The molecule has 20 heavy (non-hydrogen) atoms. The van der Waals surface area contributed by atoms with Crippen LogP contribution >= 0.6 is 11.7 Å². The van der Waals surface area contributed by atoms with Crippen LogP contribution in [0.4, 0.5) is 0 Å². The first-order valence-electron chi connectivity index (χ1n) is 6.54. The number of ether oxygens (including phenoxy) is 1. The Hall–Kier alpha value is -1.95. The molecule has 0 aliphatic heterocycles. The Morgan fingerprint density at radius 1 is 1.45 bits per heavy atom. The van der Waals surface area contributed by atoms with Gasteiger partial charge in [-0.3, -0.25) is 4.79 Å². The lowest BCUT2D eigenvalue weighted by atomic mass is 10.2. The number of aromatic nitrogens is 2. The lowest BCUT2D eigenvalue weighted by Crippen LogP contribution is -2.25. The predicted octanol–water partition coefficient (Wildman–Crippen LogP) is 2.32. The van der Waals surface area contributed by atoms with E-state index >= 15 is 0 Å². The van der Waals surface area contributed by atoms with Crippen LogP contribution in [-0.4, -0.2) is 20.7 Å². The predicted molar refractivity (Wildman–Crippen MR) is 75.9 cm³/mol. The lowest BCUT2D eigenvalue weighted by Gasteiger charge is -2.07. The van der Waals surface area contributed by atoms with E-state index in [1.807, 2.05) is 19.1 Å². The Morgan fingerprint density at radius 2 is 2.30 bits per heavy atom. The molecule has 3 rings (SSSR count). The van der Waals surface area contributed by atoms with Crippen molar-refractivity contribution in [3.63, 3.8) is 0 Å². The molecule has 1 amide bonds. The van der Waals surface area contributed by atoms with E-state index in [9.17, 15) is 4.79 Å². The molecule has 0 saturated heterocycles. The number of nitrogens with zero attached hydrogens (tertiary/aromatic N) is 2. The van der Waals surface area contributed by atoms with Crippen LogP contribution in [0.15, 0.2) is 24.3 Å². The molecule has 6 heteroatoms. The molecule has 1 saturated carbocycles. The molecule has 0 spiro atoms. The van der Waals surface area contributed by atoms with Gasteiger partial charge in [0.1, 0.15) is 18.1 Å². The van der Waals surface area contributed by atoms with E-state index in [1.165, 1.54) is 11.7 Å². The van der Waals surface area contributed by atoms with Crippen molar-refractivity contribution in [2.45, 2.75) is 32.4 Å². The van der Waals surface area contributed by atoms with E-state index in [1.54, 1.807) is 12.1 Å². The van der Waals surface area contributed by atoms with Gasteiger partial charge in [0.15, 0.2) is 0 Å². The summed E-state index contributed by atoms with van der Waals surface area (Å²) in [6.45, 7) is 2.28. The van der Waals surface area contributed by atoms with Gasteiger partial charge in [-0.1, -0.05) is 6.07 Å². The zero-order valence-electron chi connectivity index (χ0n) is 11.1. The van der Waals surface area contributed by atoms with Crippen molar-refractivity contribution in [3.8, 4) is 5.75 Å². The third-order valence-electron chi connectivity index (χ3n) is 3.13. The molecule has 1 fully saturated rings. The summed E-state index contributed by atoms with van der Waals surface area (Å²) in [7, 11) is 0. The van der Waals surface area contributed by atoms with E-state index in [0.717, 1.165) is 24.2 Å². The largest absolute Gasteiger partial charge is 0.487 e. The molecule has 0 unspecified atom stereocenters. The molecule has 0 atom stereocenters. The fourth-order valence-corrected chi connectivity index (χ4v) is 2.31. The van der Waals surface area contributed by atoms with Gasteiger partial charge in [-0.05, 0) is 38.0 Å². The van der Waals surface area contributed by atoms with Gasteiger partial charge < -0.3 is 10.1 Å². The molecule has 5 nitrogen and oxygen atoms in total. The van der Waals surface area contributed by atoms with Crippen LogP contribution in [0, 0.1) is 6.92 Å². The highest BCUT2D eigenvalue weighted by molar-refractivity contribution is 6.99. The lowest BCUT2D eigenvalue weighted by molar-refractivity contribution is 0.0950. The van der Waals surface area contributed by atoms with Crippen LogP contribution in [0.3, 0.4) is 0 Å². The van der Waals surface area contributed by atoms with Crippen molar-refractivity contribution < 1.29 is 9.53 Å². The third kappa shape index (κ3) is 3.14. The zero-order chi connectivity index (χ0) is 13.9. The minimum absolute atomic E-state index is 0.0375. The molecular formula is C14H15N3O2S. The van der Waals surface area contributed by atoms with Crippen molar-refractivity contribution in [2.75, 3.05) is 0 Å². The molecule has 0 bridgehead atoms. The number of rotatable bonds is 5.